The summed E-state index contributed by atoms with van der Waals surface area (Å²) in [4.78, 5) is 4.36. The van der Waals surface area contributed by atoms with Gasteiger partial charge in [0.25, 0.3) is 0 Å². The predicted octanol–water partition coefficient (Wildman–Crippen LogP) is 3.91. The first-order valence-electron chi connectivity index (χ1n) is 6.64. The highest BCUT2D eigenvalue weighted by molar-refractivity contribution is 7.09. The lowest BCUT2D eigenvalue weighted by molar-refractivity contribution is 0.724. The molecule has 0 amide bonds. The predicted molar refractivity (Wildman–Crippen MR) is 85.5 cm³/mol. The van der Waals surface area contributed by atoms with Gasteiger partial charge in [0.15, 0.2) is 0 Å². The second-order valence-electron chi connectivity index (χ2n) is 4.65. The Labute approximate surface area is 127 Å². The molecule has 0 aliphatic rings. The summed E-state index contributed by atoms with van der Waals surface area (Å²) in [5.74, 6) is 0. The Hall–Kier alpha value is -1.36. The third-order valence-electron chi connectivity index (χ3n) is 3.28. The smallest absolute Gasteiger partial charge is 0.112 e. The van der Waals surface area contributed by atoms with Gasteiger partial charge in [-0.05, 0) is 24.2 Å². The lowest BCUT2D eigenvalue weighted by Gasteiger charge is -2.02. The van der Waals surface area contributed by atoms with Gasteiger partial charge in [0.05, 0.1) is 12.1 Å². The topological polar surface area (TPSA) is 29.9 Å². The number of nitrogens with one attached hydrogen (secondary N) is 1. The summed E-state index contributed by atoms with van der Waals surface area (Å²) < 4.78 is 2.23. The lowest BCUT2D eigenvalue weighted by Crippen LogP contribution is -2.11. The third kappa shape index (κ3) is 2.73. The maximum Gasteiger partial charge on any atom is 0.112 e. The zero-order chi connectivity index (χ0) is 13.9. The summed E-state index contributed by atoms with van der Waals surface area (Å²) >= 11 is 7.82. The van der Waals surface area contributed by atoms with Crippen molar-refractivity contribution >= 4 is 33.8 Å². The first-order valence-corrected chi connectivity index (χ1v) is 7.90. The van der Waals surface area contributed by atoms with Gasteiger partial charge in [0, 0.05) is 34.7 Å². The molecular formula is C15H16ClN3S. The van der Waals surface area contributed by atoms with E-state index in [1.165, 1.54) is 16.5 Å². The van der Waals surface area contributed by atoms with Crippen LogP contribution in [0.25, 0.3) is 10.9 Å². The Morgan fingerprint density at radius 3 is 3.05 bits per heavy atom. The van der Waals surface area contributed by atoms with Crippen LogP contribution in [-0.4, -0.2) is 16.1 Å². The summed E-state index contributed by atoms with van der Waals surface area (Å²) in [5, 5.41) is 8.53. The van der Waals surface area contributed by atoms with Crippen molar-refractivity contribution in [2.45, 2.75) is 20.0 Å². The normalized spacial score (nSPS) is 11.3. The van der Waals surface area contributed by atoms with Crippen molar-refractivity contribution in [1.82, 2.24) is 14.9 Å². The summed E-state index contributed by atoms with van der Waals surface area (Å²) in [6.45, 7) is 4.75. The second kappa shape index (κ2) is 5.95. The fourth-order valence-corrected chi connectivity index (χ4v) is 3.13. The highest BCUT2D eigenvalue weighted by Crippen LogP contribution is 2.26. The third-order valence-corrected chi connectivity index (χ3v) is 4.28. The first-order chi connectivity index (χ1) is 9.78. The number of halogens is 1. The first kappa shape index (κ1) is 13.6. The van der Waals surface area contributed by atoms with E-state index in [2.05, 4.69) is 34.1 Å². The van der Waals surface area contributed by atoms with Gasteiger partial charge in [-0.2, -0.15) is 0 Å². The minimum Gasteiger partial charge on any atom is -0.340 e. The zero-order valence-electron chi connectivity index (χ0n) is 11.3. The standard InChI is InChI=1S/C15H16ClN3S/c1-2-17-8-11-9-19(10-15-18-5-6-20-15)14-7-12(16)3-4-13(11)14/h3-7,9,17H,2,8,10H2,1H3. The minimum absolute atomic E-state index is 0.769. The molecule has 20 heavy (non-hydrogen) atoms. The number of hydrogen-bond donors (Lipinski definition) is 1. The van der Waals surface area contributed by atoms with Gasteiger partial charge in [0.2, 0.25) is 0 Å². The van der Waals surface area contributed by atoms with Crippen LogP contribution in [0.4, 0.5) is 0 Å². The van der Waals surface area contributed by atoms with E-state index in [0.717, 1.165) is 29.7 Å². The van der Waals surface area contributed by atoms with E-state index in [0.29, 0.717) is 0 Å². The maximum atomic E-state index is 6.14. The van der Waals surface area contributed by atoms with Gasteiger partial charge in [-0.15, -0.1) is 11.3 Å². The van der Waals surface area contributed by atoms with Crippen LogP contribution in [0, 0.1) is 0 Å². The molecule has 0 bridgehead atoms. The highest BCUT2D eigenvalue weighted by atomic mass is 35.5. The van der Waals surface area contributed by atoms with Crippen LogP contribution in [0.1, 0.15) is 17.5 Å². The molecule has 0 fully saturated rings. The van der Waals surface area contributed by atoms with Gasteiger partial charge in [-0.3, -0.25) is 0 Å². The number of nitrogens with zero attached hydrogens (tertiary/aromatic N) is 2. The lowest BCUT2D eigenvalue weighted by atomic mass is 10.2. The number of fused-ring (bicyclic) bond motifs is 1. The average Bonchev–Trinajstić information content (AvgIpc) is 3.06. The van der Waals surface area contributed by atoms with Crippen LogP contribution < -0.4 is 5.32 Å². The molecule has 0 radical (unpaired) electrons. The Morgan fingerprint density at radius 1 is 1.40 bits per heavy atom. The molecule has 5 heteroatoms. The molecular weight excluding hydrogens is 290 g/mol. The molecule has 0 spiro atoms. The minimum atomic E-state index is 0.769. The van der Waals surface area contributed by atoms with Gasteiger partial charge in [-0.25, -0.2) is 4.98 Å². The molecule has 0 saturated carbocycles. The van der Waals surface area contributed by atoms with Crippen molar-refractivity contribution in [1.29, 1.82) is 0 Å². The number of rotatable bonds is 5. The van der Waals surface area contributed by atoms with Crippen molar-refractivity contribution in [3.8, 4) is 0 Å². The zero-order valence-corrected chi connectivity index (χ0v) is 12.8. The van der Waals surface area contributed by atoms with Gasteiger partial charge in [-0.1, -0.05) is 24.6 Å². The van der Waals surface area contributed by atoms with E-state index < -0.39 is 0 Å². The number of aromatic nitrogens is 2. The molecule has 3 nitrogen and oxygen atoms in total. The van der Waals surface area contributed by atoms with Crippen LogP contribution >= 0.6 is 22.9 Å². The van der Waals surface area contributed by atoms with Crippen LogP contribution in [0.3, 0.4) is 0 Å². The fourth-order valence-electron chi connectivity index (χ4n) is 2.35. The van der Waals surface area contributed by atoms with E-state index in [9.17, 15) is 0 Å². The monoisotopic (exact) mass is 305 g/mol. The molecule has 0 aliphatic heterocycles. The Bertz CT molecular complexity index is 703. The van der Waals surface area contributed by atoms with E-state index >= 15 is 0 Å². The quantitative estimate of drug-likeness (QED) is 0.774. The molecule has 2 aromatic heterocycles. The summed E-state index contributed by atoms with van der Waals surface area (Å²) in [6, 6.07) is 6.08. The van der Waals surface area contributed by atoms with E-state index in [4.69, 9.17) is 11.6 Å². The molecule has 0 unspecified atom stereocenters. The van der Waals surface area contributed by atoms with Crippen molar-refractivity contribution in [3.05, 3.63) is 51.6 Å². The largest absolute Gasteiger partial charge is 0.340 e. The van der Waals surface area contributed by atoms with Crippen LogP contribution in [0.5, 0.6) is 0 Å². The SMILES string of the molecule is CCNCc1cn(Cc2nccs2)c2cc(Cl)ccc12. The van der Waals surface area contributed by atoms with E-state index in [-0.39, 0.29) is 0 Å². The van der Waals surface area contributed by atoms with Crippen molar-refractivity contribution in [3.63, 3.8) is 0 Å². The van der Waals surface area contributed by atoms with E-state index in [1.807, 2.05) is 23.7 Å². The fraction of sp³-hybridized carbons (Fsp3) is 0.267. The van der Waals surface area contributed by atoms with E-state index in [1.54, 1.807) is 11.3 Å². The molecule has 1 N–H and O–H groups in total. The Morgan fingerprint density at radius 2 is 2.30 bits per heavy atom. The molecule has 0 atom stereocenters. The van der Waals surface area contributed by atoms with Crippen molar-refractivity contribution < 1.29 is 0 Å². The van der Waals surface area contributed by atoms with Crippen LogP contribution in [0.15, 0.2) is 36.0 Å². The number of thiazole rings is 1. The molecule has 2 heterocycles. The molecule has 3 rings (SSSR count). The van der Waals surface area contributed by atoms with Crippen LogP contribution in [0.2, 0.25) is 5.02 Å². The maximum absolute atomic E-state index is 6.14. The van der Waals surface area contributed by atoms with Gasteiger partial charge >= 0.3 is 0 Å². The average molecular weight is 306 g/mol. The molecule has 0 saturated heterocycles. The molecule has 3 aromatic rings. The van der Waals surface area contributed by atoms with Crippen molar-refractivity contribution in [2.75, 3.05) is 6.54 Å². The Kier molecular flexibility index (Phi) is 4.05. The molecule has 0 aliphatic carbocycles. The van der Waals surface area contributed by atoms with Gasteiger partial charge in [0.1, 0.15) is 5.01 Å². The second-order valence-corrected chi connectivity index (χ2v) is 6.07. The Balaban J connectivity index is 2.03. The molecule has 1 aromatic carbocycles. The van der Waals surface area contributed by atoms with Crippen LogP contribution in [-0.2, 0) is 13.1 Å². The molecule has 104 valence electrons. The van der Waals surface area contributed by atoms with Gasteiger partial charge < -0.3 is 9.88 Å². The summed E-state index contributed by atoms with van der Waals surface area (Å²) in [7, 11) is 0. The van der Waals surface area contributed by atoms with Crippen molar-refractivity contribution in [2.24, 2.45) is 0 Å². The highest BCUT2D eigenvalue weighted by Gasteiger charge is 2.10. The summed E-state index contributed by atoms with van der Waals surface area (Å²) in [6.07, 6.45) is 4.04. The summed E-state index contributed by atoms with van der Waals surface area (Å²) in [5.41, 5.74) is 2.47. The number of hydrogen-bond acceptors (Lipinski definition) is 3. The number of benzene rings is 1.